The van der Waals surface area contributed by atoms with Crippen LogP contribution < -0.4 is 0 Å². The highest BCUT2D eigenvalue weighted by Gasteiger charge is 2.68. The number of hydrogen-bond donors (Lipinski definition) is 1. The maximum atomic E-state index is 13.6. The van der Waals surface area contributed by atoms with E-state index in [4.69, 9.17) is 4.74 Å². The highest BCUT2D eigenvalue weighted by molar-refractivity contribution is 6.07. The maximum absolute atomic E-state index is 13.6. The first kappa shape index (κ1) is 26.5. The second kappa shape index (κ2) is 8.73. The molecule has 1 aromatic carbocycles. The minimum Gasteiger partial charge on any atom is -0.445 e. The van der Waals surface area contributed by atoms with Crippen molar-refractivity contribution in [2.75, 3.05) is 0 Å². The number of hydrogen-bond acceptors (Lipinski definition) is 7. The number of nitro groups is 1. The highest BCUT2D eigenvalue weighted by atomic mass is 16.6. The SMILES string of the molecule is C=C[C@]1(C)C[C@@H](OC(=O)N2Cc3c(cccc3[N+](=O)[O-])C2=O)[C@]2(C)[C@H](C)CC[C@]3(CCC(=O)[C@H]32)[C@@H](C)[C@@H]1O. The molecule has 5 rings (SSSR count). The molecule has 1 heterocycles. The fraction of sp³-hybridized carbons (Fsp3) is 0.621. The summed E-state index contributed by atoms with van der Waals surface area (Å²) in [6.07, 6.45) is 2.24. The van der Waals surface area contributed by atoms with Gasteiger partial charge < -0.3 is 9.84 Å². The van der Waals surface area contributed by atoms with Crippen molar-refractivity contribution < 1.29 is 29.2 Å². The largest absolute Gasteiger partial charge is 0.445 e. The Labute approximate surface area is 222 Å². The van der Waals surface area contributed by atoms with E-state index in [0.29, 0.717) is 12.8 Å². The van der Waals surface area contributed by atoms with Gasteiger partial charge in [0.2, 0.25) is 0 Å². The van der Waals surface area contributed by atoms with Gasteiger partial charge in [-0.15, -0.1) is 6.58 Å². The Morgan fingerprint density at radius 1 is 1.26 bits per heavy atom. The average molecular weight is 525 g/mol. The molecule has 9 nitrogen and oxygen atoms in total. The summed E-state index contributed by atoms with van der Waals surface area (Å²) in [6.45, 7) is 11.8. The first-order valence-corrected chi connectivity index (χ1v) is 13.4. The van der Waals surface area contributed by atoms with Gasteiger partial charge in [-0.3, -0.25) is 19.7 Å². The number of aliphatic hydroxyl groups excluding tert-OH is 1. The van der Waals surface area contributed by atoms with Crippen molar-refractivity contribution in [3.05, 3.63) is 52.1 Å². The second-order valence-corrected chi connectivity index (χ2v) is 12.4. The van der Waals surface area contributed by atoms with Gasteiger partial charge in [-0.1, -0.05) is 39.8 Å². The quantitative estimate of drug-likeness (QED) is 0.333. The van der Waals surface area contributed by atoms with Gasteiger partial charge in [0.25, 0.3) is 11.6 Å². The molecule has 0 spiro atoms. The van der Waals surface area contributed by atoms with Crippen LogP contribution in [-0.4, -0.2) is 44.9 Å². The summed E-state index contributed by atoms with van der Waals surface area (Å²) in [7, 11) is 0. The van der Waals surface area contributed by atoms with Crippen molar-refractivity contribution in [2.24, 2.45) is 34.0 Å². The summed E-state index contributed by atoms with van der Waals surface area (Å²) in [5.41, 5.74) is -1.86. The Morgan fingerprint density at radius 2 is 1.97 bits per heavy atom. The molecule has 3 saturated carbocycles. The lowest BCUT2D eigenvalue weighted by atomic mass is 9.44. The standard InChI is InChI=1S/C29H36N2O7/c1-6-27(4)14-22(38-26(35)30-15-19-18(25(30)34)8-7-9-20(19)31(36)37)28(5)16(2)10-12-29(17(3)24(27)33)13-11-21(32)23(28)29/h6-9,16-17,22-24,33H,1,10-15H2,2-5H3/t16-,17+,22-,23+,24+,27-,28+,29+/m1/s1. The van der Waals surface area contributed by atoms with Crippen molar-refractivity contribution in [3.63, 3.8) is 0 Å². The number of nitrogens with zero attached hydrogens (tertiary/aromatic N) is 2. The number of rotatable bonds is 3. The molecule has 1 aliphatic heterocycles. The molecule has 8 atom stereocenters. The summed E-state index contributed by atoms with van der Waals surface area (Å²) in [5.74, 6) is -0.997. The molecule has 2 bridgehead atoms. The van der Waals surface area contributed by atoms with Gasteiger partial charge in [-0.05, 0) is 49.0 Å². The summed E-state index contributed by atoms with van der Waals surface area (Å²) in [5, 5.41) is 23.2. The number of imide groups is 1. The Morgan fingerprint density at radius 3 is 2.63 bits per heavy atom. The number of fused-ring (bicyclic) bond motifs is 1. The summed E-state index contributed by atoms with van der Waals surface area (Å²) in [4.78, 5) is 52.2. The Bertz CT molecular complexity index is 1250. The van der Waals surface area contributed by atoms with E-state index in [0.717, 1.165) is 17.7 Å². The smallest absolute Gasteiger partial charge is 0.417 e. The molecule has 1 N–H and O–H groups in total. The summed E-state index contributed by atoms with van der Waals surface area (Å²) in [6, 6.07) is 4.20. The number of ether oxygens (including phenoxy) is 1. The Hall–Kier alpha value is -3.07. The lowest BCUT2D eigenvalue weighted by Crippen LogP contribution is -2.63. The molecule has 38 heavy (non-hydrogen) atoms. The van der Waals surface area contributed by atoms with Crippen LogP contribution in [0.4, 0.5) is 10.5 Å². The zero-order chi connectivity index (χ0) is 27.8. The first-order valence-electron chi connectivity index (χ1n) is 13.4. The zero-order valence-corrected chi connectivity index (χ0v) is 22.4. The van der Waals surface area contributed by atoms with Crippen LogP contribution in [0, 0.1) is 44.1 Å². The van der Waals surface area contributed by atoms with E-state index in [2.05, 4.69) is 13.5 Å². The molecule has 0 unspecified atom stereocenters. The van der Waals surface area contributed by atoms with E-state index in [1.54, 1.807) is 6.08 Å². The van der Waals surface area contributed by atoms with Crippen molar-refractivity contribution in [1.82, 2.24) is 4.90 Å². The van der Waals surface area contributed by atoms with Crippen LogP contribution in [0.2, 0.25) is 0 Å². The third kappa shape index (κ3) is 3.43. The van der Waals surface area contributed by atoms with E-state index < -0.39 is 45.4 Å². The van der Waals surface area contributed by atoms with E-state index >= 15 is 0 Å². The number of carbonyl (C=O) groups is 3. The van der Waals surface area contributed by atoms with Gasteiger partial charge in [0.05, 0.1) is 28.7 Å². The predicted octanol–water partition coefficient (Wildman–Crippen LogP) is 5.05. The van der Waals surface area contributed by atoms with Crippen molar-refractivity contribution in [2.45, 2.75) is 78.6 Å². The van der Waals surface area contributed by atoms with Gasteiger partial charge in [0, 0.05) is 29.2 Å². The van der Waals surface area contributed by atoms with Crippen molar-refractivity contribution in [1.29, 1.82) is 0 Å². The van der Waals surface area contributed by atoms with Crippen molar-refractivity contribution in [3.8, 4) is 0 Å². The van der Waals surface area contributed by atoms with E-state index in [1.165, 1.54) is 18.2 Å². The molecule has 9 heteroatoms. The van der Waals surface area contributed by atoms with Crippen molar-refractivity contribution >= 4 is 23.5 Å². The number of aliphatic hydroxyl groups is 1. The van der Waals surface area contributed by atoms with E-state index in [9.17, 15) is 29.6 Å². The molecule has 0 radical (unpaired) electrons. The number of nitro benzene ring substituents is 1. The molecule has 4 aliphatic rings. The molecule has 0 aromatic heterocycles. The Kier molecular flexibility index (Phi) is 6.09. The lowest BCUT2D eigenvalue weighted by Gasteiger charge is -2.61. The van der Waals surface area contributed by atoms with Gasteiger partial charge >= 0.3 is 6.09 Å². The minimum atomic E-state index is -0.893. The monoisotopic (exact) mass is 524 g/mol. The molecule has 1 aromatic rings. The van der Waals surface area contributed by atoms with Crippen LogP contribution in [-0.2, 0) is 16.1 Å². The average Bonchev–Trinajstić information content (AvgIpc) is 3.42. The summed E-state index contributed by atoms with van der Waals surface area (Å²) >= 11 is 0. The van der Waals surface area contributed by atoms with Gasteiger partial charge in [-0.25, -0.2) is 9.69 Å². The molecule has 2 amide bonds. The minimum absolute atomic E-state index is 0.0459. The predicted molar refractivity (Wildman–Crippen MR) is 138 cm³/mol. The number of carbonyl (C=O) groups excluding carboxylic acids is 3. The number of benzene rings is 1. The maximum Gasteiger partial charge on any atom is 0.417 e. The topological polar surface area (TPSA) is 127 Å². The fourth-order valence-corrected chi connectivity index (χ4v) is 8.32. The van der Waals surface area contributed by atoms with Gasteiger partial charge in [0.15, 0.2) is 0 Å². The molecular formula is C29H36N2O7. The number of Topliss-reactive ketones (excluding diaryl/α,β-unsaturated/α-hetero) is 1. The molecule has 3 aliphatic carbocycles. The van der Waals surface area contributed by atoms with Gasteiger partial charge in [0.1, 0.15) is 11.9 Å². The van der Waals surface area contributed by atoms with Crippen LogP contribution in [0.3, 0.4) is 0 Å². The van der Waals surface area contributed by atoms with Crippen LogP contribution in [0.15, 0.2) is 30.9 Å². The first-order chi connectivity index (χ1) is 17.8. The highest BCUT2D eigenvalue weighted by Crippen LogP contribution is 2.68. The van der Waals surface area contributed by atoms with Crippen LogP contribution in [0.1, 0.15) is 75.7 Å². The normalized spacial score (nSPS) is 40.1. The zero-order valence-electron chi connectivity index (χ0n) is 22.4. The number of ketones is 1. The van der Waals surface area contributed by atoms with Gasteiger partial charge in [-0.2, -0.15) is 0 Å². The van der Waals surface area contributed by atoms with E-state index in [-0.39, 0.29) is 53.3 Å². The van der Waals surface area contributed by atoms with Crippen LogP contribution in [0.5, 0.6) is 0 Å². The molecular weight excluding hydrogens is 488 g/mol. The summed E-state index contributed by atoms with van der Waals surface area (Å²) < 4.78 is 6.19. The second-order valence-electron chi connectivity index (χ2n) is 12.4. The van der Waals surface area contributed by atoms with E-state index in [1.807, 2.05) is 20.8 Å². The molecule has 204 valence electrons. The van der Waals surface area contributed by atoms with Crippen LogP contribution in [0.25, 0.3) is 0 Å². The number of amides is 2. The molecule has 3 fully saturated rings. The third-order valence-electron chi connectivity index (χ3n) is 10.9. The molecule has 0 saturated heterocycles. The third-order valence-corrected chi connectivity index (χ3v) is 10.9. The fourth-order valence-electron chi connectivity index (χ4n) is 8.32. The Balaban J connectivity index is 1.55. The lowest BCUT2D eigenvalue weighted by molar-refractivity contribution is -0.385. The van der Waals surface area contributed by atoms with Crippen LogP contribution >= 0.6 is 0 Å².